The van der Waals surface area contributed by atoms with Gasteiger partial charge in [0, 0.05) is 18.1 Å². The molecule has 118 valence electrons. The highest BCUT2D eigenvalue weighted by Gasteiger charge is 2.10. The Hall–Kier alpha value is -2.29. The van der Waals surface area contributed by atoms with Gasteiger partial charge in [0.1, 0.15) is 17.4 Å². The largest absolute Gasteiger partial charge is 0.382 e. The number of hydrogen-bond acceptors (Lipinski definition) is 3. The van der Waals surface area contributed by atoms with Crippen LogP contribution in [0.3, 0.4) is 0 Å². The Morgan fingerprint density at radius 1 is 1.22 bits per heavy atom. The predicted octanol–water partition coefficient (Wildman–Crippen LogP) is 3.85. The molecule has 0 atom stereocenters. The summed E-state index contributed by atoms with van der Waals surface area (Å²) in [6.45, 7) is 0.605. The Kier molecular flexibility index (Phi) is 5.80. The van der Waals surface area contributed by atoms with Crippen LogP contribution in [0.5, 0.6) is 0 Å². The SMILES string of the molecule is N#Cc1c(F)cccc1NCCNC(=O)c1ccc(Cl)cc1Cl. The molecule has 0 saturated heterocycles. The van der Waals surface area contributed by atoms with Crippen LogP contribution in [-0.4, -0.2) is 19.0 Å². The Labute approximate surface area is 142 Å². The van der Waals surface area contributed by atoms with Crippen LogP contribution in [0.25, 0.3) is 0 Å². The second-order valence-corrected chi connectivity index (χ2v) is 5.42. The standard InChI is InChI=1S/C16H12Cl2FN3O/c17-10-4-5-11(13(18)8-10)16(23)22-7-6-21-15-3-1-2-14(19)12(15)9-20/h1-5,8,21H,6-7H2,(H,22,23). The molecule has 0 aliphatic carbocycles. The van der Waals surface area contributed by atoms with Gasteiger partial charge in [0.2, 0.25) is 0 Å². The molecule has 0 spiro atoms. The molecule has 0 radical (unpaired) electrons. The zero-order valence-electron chi connectivity index (χ0n) is 11.9. The monoisotopic (exact) mass is 351 g/mol. The number of benzene rings is 2. The highest BCUT2D eigenvalue weighted by molar-refractivity contribution is 6.36. The third kappa shape index (κ3) is 4.35. The quantitative estimate of drug-likeness (QED) is 0.804. The Balaban J connectivity index is 1.90. The lowest BCUT2D eigenvalue weighted by Crippen LogP contribution is -2.29. The highest BCUT2D eigenvalue weighted by Crippen LogP contribution is 2.21. The van der Waals surface area contributed by atoms with Gasteiger partial charge in [0.15, 0.2) is 0 Å². The average Bonchev–Trinajstić information content (AvgIpc) is 2.51. The van der Waals surface area contributed by atoms with E-state index in [1.807, 2.05) is 0 Å². The molecule has 0 unspecified atom stereocenters. The van der Waals surface area contributed by atoms with E-state index in [9.17, 15) is 9.18 Å². The molecule has 0 aliphatic heterocycles. The smallest absolute Gasteiger partial charge is 0.252 e. The lowest BCUT2D eigenvalue weighted by molar-refractivity contribution is 0.0955. The number of nitriles is 1. The predicted molar refractivity (Wildman–Crippen MR) is 88.4 cm³/mol. The van der Waals surface area contributed by atoms with Crippen molar-refractivity contribution in [1.82, 2.24) is 5.32 Å². The summed E-state index contributed by atoms with van der Waals surface area (Å²) in [6, 6.07) is 10.7. The van der Waals surface area contributed by atoms with E-state index in [4.69, 9.17) is 28.5 Å². The second kappa shape index (κ2) is 7.82. The van der Waals surface area contributed by atoms with Gasteiger partial charge in [-0.1, -0.05) is 29.3 Å². The van der Waals surface area contributed by atoms with Crippen LogP contribution in [0.4, 0.5) is 10.1 Å². The number of nitrogens with one attached hydrogen (secondary N) is 2. The summed E-state index contributed by atoms with van der Waals surface area (Å²) in [6.07, 6.45) is 0. The van der Waals surface area contributed by atoms with E-state index in [0.717, 1.165) is 0 Å². The number of carbonyl (C=O) groups is 1. The maximum absolute atomic E-state index is 13.4. The van der Waals surface area contributed by atoms with E-state index in [1.54, 1.807) is 18.2 Å². The molecule has 2 rings (SSSR count). The van der Waals surface area contributed by atoms with E-state index in [2.05, 4.69) is 10.6 Å². The van der Waals surface area contributed by atoms with Gasteiger partial charge in [0.05, 0.1) is 16.3 Å². The van der Waals surface area contributed by atoms with Crippen molar-refractivity contribution in [3.05, 3.63) is 63.4 Å². The Morgan fingerprint density at radius 3 is 2.70 bits per heavy atom. The van der Waals surface area contributed by atoms with Gasteiger partial charge in [-0.2, -0.15) is 5.26 Å². The summed E-state index contributed by atoms with van der Waals surface area (Å²) >= 11 is 11.7. The third-order valence-corrected chi connectivity index (χ3v) is 3.57. The Bertz CT molecular complexity index is 774. The number of amides is 1. The van der Waals surface area contributed by atoms with Crippen molar-refractivity contribution in [3.63, 3.8) is 0 Å². The van der Waals surface area contributed by atoms with Crippen LogP contribution >= 0.6 is 23.2 Å². The average molecular weight is 352 g/mol. The highest BCUT2D eigenvalue weighted by atomic mass is 35.5. The lowest BCUT2D eigenvalue weighted by atomic mass is 10.2. The molecule has 0 aliphatic rings. The topological polar surface area (TPSA) is 64.9 Å². The molecule has 2 aromatic rings. The van der Waals surface area contributed by atoms with Crippen molar-refractivity contribution in [1.29, 1.82) is 5.26 Å². The van der Waals surface area contributed by atoms with Crippen LogP contribution in [0, 0.1) is 17.1 Å². The van der Waals surface area contributed by atoms with Crippen molar-refractivity contribution >= 4 is 34.8 Å². The molecule has 0 bridgehead atoms. The number of carbonyl (C=O) groups excluding carboxylic acids is 1. The maximum atomic E-state index is 13.4. The molecule has 0 fully saturated rings. The van der Waals surface area contributed by atoms with Gasteiger partial charge < -0.3 is 10.6 Å². The third-order valence-electron chi connectivity index (χ3n) is 3.03. The zero-order chi connectivity index (χ0) is 16.8. The molecule has 1 amide bonds. The van der Waals surface area contributed by atoms with E-state index in [0.29, 0.717) is 22.8 Å². The first-order chi connectivity index (χ1) is 11.0. The summed E-state index contributed by atoms with van der Waals surface area (Å²) < 4.78 is 13.4. The van der Waals surface area contributed by atoms with Crippen molar-refractivity contribution in [3.8, 4) is 6.07 Å². The number of anilines is 1. The number of nitrogens with zero attached hydrogens (tertiary/aromatic N) is 1. The van der Waals surface area contributed by atoms with Gasteiger partial charge in [-0.25, -0.2) is 4.39 Å². The fraction of sp³-hybridized carbons (Fsp3) is 0.125. The molecular formula is C16H12Cl2FN3O. The minimum Gasteiger partial charge on any atom is -0.382 e. The van der Waals surface area contributed by atoms with Gasteiger partial charge in [0.25, 0.3) is 5.91 Å². The molecular weight excluding hydrogens is 340 g/mol. The van der Waals surface area contributed by atoms with Crippen LogP contribution in [0.1, 0.15) is 15.9 Å². The maximum Gasteiger partial charge on any atom is 0.252 e. The van der Waals surface area contributed by atoms with Gasteiger partial charge in [-0.15, -0.1) is 0 Å². The zero-order valence-corrected chi connectivity index (χ0v) is 13.4. The second-order valence-electron chi connectivity index (χ2n) is 4.58. The van der Waals surface area contributed by atoms with Crippen LogP contribution in [0.2, 0.25) is 10.0 Å². The van der Waals surface area contributed by atoms with Gasteiger partial charge in [-0.05, 0) is 30.3 Å². The van der Waals surface area contributed by atoms with E-state index in [1.165, 1.54) is 24.3 Å². The minimum absolute atomic E-state index is 0.0560. The molecule has 0 heterocycles. The first-order valence-electron chi connectivity index (χ1n) is 6.68. The van der Waals surface area contributed by atoms with E-state index >= 15 is 0 Å². The summed E-state index contributed by atoms with van der Waals surface area (Å²) in [5.41, 5.74) is 0.644. The van der Waals surface area contributed by atoms with Crippen molar-refractivity contribution in [2.45, 2.75) is 0 Å². The lowest BCUT2D eigenvalue weighted by Gasteiger charge is -2.10. The molecule has 0 aromatic heterocycles. The molecule has 4 nitrogen and oxygen atoms in total. The summed E-state index contributed by atoms with van der Waals surface area (Å²) in [5, 5.41) is 15.2. The van der Waals surface area contributed by atoms with Crippen LogP contribution < -0.4 is 10.6 Å². The van der Waals surface area contributed by atoms with Crippen molar-refractivity contribution < 1.29 is 9.18 Å². The fourth-order valence-electron chi connectivity index (χ4n) is 1.93. The number of hydrogen-bond donors (Lipinski definition) is 2. The van der Waals surface area contributed by atoms with E-state index < -0.39 is 5.82 Å². The molecule has 23 heavy (non-hydrogen) atoms. The van der Waals surface area contributed by atoms with Crippen molar-refractivity contribution in [2.24, 2.45) is 0 Å². The number of rotatable bonds is 5. The summed E-state index contributed by atoms with van der Waals surface area (Å²) in [4.78, 5) is 12.0. The molecule has 7 heteroatoms. The first kappa shape index (κ1) is 17.1. The van der Waals surface area contributed by atoms with Crippen LogP contribution in [0.15, 0.2) is 36.4 Å². The van der Waals surface area contributed by atoms with E-state index in [-0.39, 0.29) is 23.0 Å². The van der Waals surface area contributed by atoms with Crippen LogP contribution in [-0.2, 0) is 0 Å². The van der Waals surface area contributed by atoms with Gasteiger partial charge >= 0.3 is 0 Å². The number of halogens is 3. The molecule has 2 N–H and O–H groups in total. The first-order valence-corrected chi connectivity index (χ1v) is 7.44. The summed E-state index contributed by atoms with van der Waals surface area (Å²) in [7, 11) is 0. The van der Waals surface area contributed by atoms with Gasteiger partial charge in [-0.3, -0.25) is 4.79 Å². The normalized spacial score (nSPS) is 10.0. The molecule has 2 aromatic carbocycles. The Morgan fingerprint density at radius 2 is 2.00 bits per heavy atom. The fourth-order valence-corrected chi connectivity index (χ4v) is 2.42. The minimum atomic E-state index is -0.588. The molecule has 0 saturated carbocycles. The van der Waals surface area contributed by atoms with Crippen molar-refractivity contribution in [2.75, 3.05) is 18.4 Å². The summed E-state index contributed by atoms with van der Waals surface area (Å²) in [5.74, 6) is -0.928.